The first-order valence-electron chi connectivity index (χ1n) is 6.81. The summed E-state index contributed by atoms with van der Waals surface area (Å²) in [6.07, 6.45) is 7.41. The van der Waals surface area contributed by atoms with E-state index in [-0.39, 0.29) is 0 Å². The maximum atomic E-state index is 6.05. The molecule has 1 aliphatic rings. The summed E-state index contributed by atoms with van der Waals surface area (Å²) < 4.78 is 5.37. The molecule has 4 heteroatoms. The number of hydrogen-bond donors (Lipinski definition) is 1. The van der Waals surface area contributed by atoms with Crippen molar-refractivity contribution < 1.29 is 4.74 Å². The first-order valence-corrected chi connectivity index (χ1v) is 8.48. The molecule has 1 aliphatic carbocycles. The highest BCUT2D eigenvalue weighted by Gasteiger charge is 2.20. The molecular formula is C15H22ClNOS. The van der Waals surface area contributed by atoms with E-state index in [0.717, 1.165) is 28.1 Å². The van der Waals surface area contributed by atoms with Crippen LogP contribution in [0.25, 0.3) is 0 Å². The van der Waals surface area contributed by atoms with Gasteiger partial charge in [0, 0.05) is 28.4 Å². The standard InChI is InChI=1S/C15H22ClNOS/c1-18-15-8-3-12(16)9-11(15)10-17-13-4-6-14(19-2)7-5-13/h3,8-9,13-14,17H,4-7,10H2,1-2H3. The smallest absolute Gasteiger partial charge is 0.123 e. The fourth-order valence-electron chi connectivity index (χ4n) is 2.64. The number of thioether (sulfide) groups is 1. The molecule has 0 aliphatic heterocycles. The Balaban J connectivity index is 1.87. The third-order valence-electron chi connectivity index (χ3n) is 3.83. The SMILES string of the molecule is COc1ccc(Cl)cc1CNC1CCC(SC)CC1. The molecule has 0 saturated heterocycles. The lowest BCUT2D eigenvalue weighted by Gasteiger charge is -2.28. The molecule has 2 rings (SSSR count). The minimum Gasteiger partial charge on any atom is -0.496 e. The van der Waals surface area contributed by atoms with E-state index in [1.165, 1.54) is 25.7 Å². The average molecular weight is 300 g/mol. The molecule has 0 heterocycles. The molecule has 0 radical (unpaired) electrons. The Morgan fingerprint density at radius 1 is 1.32 bits per heavy atom. The molecule has 1 aromatic rings. The Kier molecular flexibility index (Phi) is 5.86. The fourth-order valence-corrected chi connectivity index (χ4v) is 3.58. The van der Waals surface area contributed by atoms with Gasteiger partial charge < -0.3 is 10.1 Å². The van der Waals surface area contributed by atoms with Crippen molar-refractivity contribution in [2.24, 2.45) is 0 Å². The first-order chi connectivity index (χ1) is 9.22. The third-order valence-corrected chi connectivity index (χ3v) is 5.20. The van der Waals surface area contributed by atoms with Gasteiger partial charge in [0.25, 0.3) is 0 Å². The molecule has 0 aromatic heterocycles. The summed E-state index contributed by atoms with van der Waals surface area (Å²) in [5, 5.41) is 5.26. The van der Waals surface area contributed by atoms with E-state index in [9.17, 15) is 0 Å². The second-order valence-electron chi connectivity index (χ2n) is 5.05. The quantitative estimate of drug-likeness (QED) is 0.884. The summed E-state index contributed by atoms with van der Waals surface area (Å²) in [4.78, 5) is 0. The minimum atomic E-state index is 0.632. The van der Waals surface area contributed by atoms with E-state index in [1.54, 1.807) is 7.11 Å². The summed E-state index contributed by atoms with van der Waals surface area (Å²) in [6.45, 7) is 0.832. The Morgan fingerprint density at radius 3 is 2.68 bits per heavy atom. The van der Waals surface area contributed by atoms with Gasteiger partial charge in [0.05, 0.1) is 7.11 Å². The molecule has 0 bridgehead atoms. The topological polar surface area (TPSA) is 21.3 Å². The van der Waals surface area contributed by atoms with Gasteiger partial charge in [-0.2, -0.15) is 11.8 Å². The molecule has 1 saturated carbocycles. The van der Waals surface area contributed by atoms with Crippen LogP contribution in [0.5, 0.6) is 5.75 Å². The van der Waals surface area contributed by atoms with E-state index in [2.05, 4.69) is 11.6 Å². The van der Waals surface area contributed by atoms with Crippen LogP contribution in [0.4, 0.5) is 0 Å². The van der Waals surface area contributed by atoms with Gasteiger partial charge in [0.1, 0.15) is 5.75 Å². The Morgan fingerprint density at radius 2 is 2.05 bits per heavy atom. The Bertz CT molecular complexity index is 405. The van der Waals surface area contributed by atoms with Gasteiger partial charge in [0.2, 0.25) is 0 Å². The predicted octanol–water partition coefficient (Wildman–Crippen LogP) is 4.11. The Hall–Kier alpha value is -0.380. The van der Waals surface area contributed by atoms with Crippen LogP contribution in [0.3, 0.4) is 0 Å². The van der Waals surface area contributed by atoms with Gasteiger partial charge >= 0.3 is 0 Å². The van der Waals surface area contributed by atoms with Crippen molar-refractivity contribution in [3.63, 3.8) is 0 Å². The van der Waals surface area contributed by atoms with Crippen LogP contribution in [-0.2, 0) is 6.54 Å². The van der Waals surface area contributed by atoms with Crippen molar-refractivity contribution in [2.75, 3.05) is 13.4 Å². The van der Waals surface area contributed by atoms with Crippen LogP contribution in [0.2, 0.25) is 5.02 Å². The highest BCUT2D eigenvalue weighted by Crippen LogP contribution is 2.28. The molecule has 0 unspecified atom stereocenters. The molecule has 0 amide bonds. The lowest BCUT2D eigenvalue weighted by Crippen LogP contribution is -2.33. The van der Waals surface area contributed by atoms with Crippen molar-refractivity contribution in [1.29, 1.82) is 0 Å². The van der Waals surface area contributed by atoms with E-state index < -0.39 is 0 Å². The van der Waals surface area contributed by atoms with E-state index in [4.69, 9.17) is 16.3 Å². The molecular weight excluding hydrogens is 278 g/mol. The fraction of sp³-hybridized carbons (Fsp3) is 0.600. The van der Waals surface area contributed by atoms with Crippen LogP contribution in [0.15, 0.2) is 18.2 Å². The summed E-state index contributed by atoms with van der Waals surface area (Å²) in [6, 6.07) is 6.42. The summed E-state index contributed by atoms with van der Waals surface area (Å²) >= 11 is 8.05. The van der Waals surface area contributed by atoms with Crippen molar-refractivity contribution in [3.8, 4) is 5.75 Å². The summed E-state index contributed by atoms with van der Waals surface area (Å²) in [7, 11) is 1.70. The van der Waals surface area contributed by atoms with Crippen LogP contribution < -0.4 is 10.1 Å². The molecule has 0 spiro atoms. The van der Waals surface area contributed by atoms with Gasteiger partial charge in [-0.15, -0.1) is 0 Å². The van der Waals surface area contributed by atoms with Crippen LogP contribution in [0.1, 0.15) is 31.2 Å². The first kappa shape index (κ1) is 15.0. The molecule has 2 nitrogen and oxygen atoms in total. The second kappa shape index (κ2) is 7.41. The van der Waals surface area contributed by atoms with Crippen LogP contribution in [-0.4, -0.2) is 24.7 Å². The van der Waals surface area contributed by atoms with Gasteiger partial charge in [-0.1, -0.05) is 11.6 Å². The number of hydrogen-bond acceptors (Lipinski definition) is 3. The maximum Gasteiger partial charge on any atom is 0.123 e. The monoisotopic (exact) mass is 299 g/mol. The molecule has 0 atom stereocenters. The summed E-state index contributed by atoms with van der Waals surface area (Å²) in [5.74, 6) is 0.912. The molecule has 19 heavy (non-hydrogen) atoms. The van der Waals surface area contributed by atoms with Gasteiger partial charge in [-0.25, -0.2) is 0 Å². The molecule has 1 N–H and O–H groups in total. The van der Waals surface area contributed by atoms with Crippen molar-refractivity contribution in [1.82, 2.24) is 5.32 Å². The zero-order valence-corrected chi connectivity index (χ0v) is 13.2. The minimum absolute atomic E-state index is 0.632. The van der Waals surface area contributed by atoms with Crippen molar-refractivity contribution in [2.45, 2.75) is 43.5 Å². The third kappa shape index (κ3) is 4.30. The molecule has 106 valence electrons. The van der Waals surface area contributed by atoms with Crippen molar-refractivity contribution >= 4 is 23.4 Å². The lowest BCUT2D eigenvalue weighted by atomic mass is 9.95. The largest absolute Gasteiger partial charge is 0.496 e. The summed E-state index contributed by atoms with van der Waals surface area (Å²) in [5.41, 5.74) is 1.14. The molecule has 1 aromatic carbocycles. The van der Waals surface area contributed by atoms with E-state index in [0.29, 0.717) is 6.04 Å². The zero-order chi connectivity index (χ0) is 13.7. The van der Waals surface area contributed by atoms with Crippen LogP contribution in [0, 0.1) is 0 Å². The number of methoxy groups -OCH3 is 1. The van der Waals surface area contributed by atoms with Gasteiger partial charge in [-0.3, -0.25) is 0 Å². The number of halogens is 1. The van der Waals surface area contributed by atoms with Gasteiger partial charge in [0.15, 0.2) is 0 Å². The average Bonchev–Trinajstić information content (AvgIpc) is 2.46. The second-order valence-corrected chi connectivity index (χ2v) is 6.62. The van der Waals surface area contributed by atoms with E-state index in [1.807, 2.05) is 30.0 Å². The van der Waals surface area contributed by atoms with Crippen molar-refractivity contribution in [3.05, 3.63) is 28.8 Å². The number of ether oxygens (including phenoxy) is 1. The molecule has 1 fully saturated rings. The predicted molar refractivity (Wildman–Crippen MR) is 84.4 cm³/mol. The number of benzene rings is 1. The lowest BCUT2D eigenvalue weighted by molar-refractivity contribution is 0.370. The normalized spacial score (nSPS) is 23.3. The van der Waals surface area contributed by atoms with Crippen LogP contribution >= 0.6 is 23.4 Å². The highest BCUT2D eigenvalue weighted by atomic mass is 35.5. The number of nitrogens with one attached hydrogen (secondary N) is 1. The highest BCUT2D eigenvalue weighted by molar-refractivity contribution is 7.99. The zero-order valence-electron chi connectivity index (χ0n) is 11.6. The Labute approximate surface area is 125 Å². The van der Waals surface area contributed by atoms with Gasteiger partial charge in [-0.05, 0) is 50.1 Å². The van der Waals surface area contributed by atoms with E-state index >= 15 is 0 Å². The maximum absolute atomic E-state index is 6.05. The number of rotatable bonds is 5.